The predicted octanol–water partition coefficient (Wildman–Crippen LogP) is 7.75. The van der Waals surface area contributed by atoms with Crippen molar-refractivity contribution >= 4 is 77.5 Å². The van der Waals surface area contributed by atoms with E-state index in [4.69, 9.17) is 42.1 Å². The second-order valence-corrected chi connectivity index (χ2v) is 46.2. The Morgan fingerprint density at radius 2 is 0.698 bits per heavy atom. The van der Waals surface area contributed by atoms with Crippen molar-refractivity contribution < 1.29 is 42.1 Å². The molecule has 0 spiro atoms. The Hall–Kier alpha value is 1.55. The largest absolute Gasteiger partial charge is 0.503 e. The van der Waals surface area contributed by atoms with Crippen molar-refractivity contribution in [3.05, 3.63) is 0 Å². The molecule has 0 bridgehead atoms. The average molecular weight is 769 g/mol. The van der Waals surface area contributed by atoms with E-state index in [1.54, 1.807) is 0 Å². The molecule has 0 aromatic rings. The zero-order valence-electron chi connectivity index (χ0n) is 31.3. The Labute approximate surface area is 275 Å². The van der Waals surface area contributed by atoms with Crippen molar-refractivity contribution in [3.63, 3.8) is 0 Å². The molecule has 0 rings (SSSR count). The molecule has 1 unspecified atom stereocenters. The van der Waals surface area contributed by atoms with Crippen molar-refractivity contribution in [1.29, 1.82) is 0 Å². The fourth-order valence-electron chi connectivity index (χ4n) is 5.83. The van der Waals surface area contributed by atoms with Gasteiger partial charge in [-0.3, -0.25) is 0 Å². The standard InChI is InChI=1S/C24H67O10Si9/c1-21-25-43(26-22-2,27-23-3)24(4)36(7,8)29-38(11,12)31-40(15,16)33-42(19,20)34-41(17,18)32-39(13,14)30-37(9,10)28-35(5)6/h24H,21-23H2,1-20H3. The third-order valence-corrected chi connectivity index (χ3v) is 41.7. The third kappa shape index (κ3) is 17.0. The van der Waals surface area contributed by atoms with Gasteiger partial charge < -0.3 is 42.1 Å². The highest BCUT2D eigenvalue weighted by molar-refractivity contribution is 6.94. The third-order valence-electron chi connectivity index (χ3n) is 6.03. The summed E-state index contributed by atoms with van der Waals surface area (Å²) < 4.78 is 65.4. The molecule has 0 saturated carbocycles. The van der Waals surface area contributed by atoms with Crippen LogP contribution in [0.15, 0.2) is 0 Å². The Morgan fingerprint density at radius 3 is 0.953 bits per heavy atom. The minimum atomic E-state index is -2.95. The van der Waals surface area contributed by atoms with Gasteiger partial charge in [-0.2, -0.15) is 0 Å². The van der Waals surface area contributed by atoms with Crippen LogP contribution in [0.25, 0.3) is 0 Å². The number of hydrogen-bond acceptors (Lipinski definition) is 10. The lowest BCUT2D eigenvalue weighted by Gasteiger charge is -2.45. The van der Waals surface area contributed by atoms with Gasteiger partial charge in [0.05, 0.1) is 0 Å². The highest BCUT2D eigenvalue weighted by Gasteiger charge is 2.57. The Kier molecular flexibility index (Phi) is 17.4. The molecule has 0 aliphatic rings. The molecule has 1 radical (unpaired) electrons. The first-order valence-electron chi connectivity index (χ1n) is 15.6. The minimum Gasteiger partial charge on any atom is -0.437 e. The van der Waals surface area contributed by atoms with Gasteiger partial charge in [0, 0.05) is 25.0 Å². The van der Waals surface area contributed by atoms with Gasteiger partial charge in [-0.1, -0.05) is 6.92 Å². The molecular formula is C24H67O10Si9. The molecule has 10 nitrogen and oxygen atoms in total. The topological polar surface area (TPSA) is 92.3 Å². The van der Waals surface area contributed by atoms with Crippen molar-refractivity contribution in [3.8, 4) is 0 Å². The molecule has 1 atom stereocenters. The first-order chi connectivity index (χ1) is 19.0. The van der Waals surface area contributed by atoms with Crippen LogP contribution in [0.1, 0.15) is 27.7 Å². The molecule has 0 N–H and O–H groups in total. The van der Waals surface area contributed by atoms with Crippen LogP contribution in [-0.4, -0.2) is 97.3 Å². The summed E-state index contributed by atoms with van der Waals surface area (Å²) in [6.07, 6.45) is 0. The smallest absolute Gasteiger partial charge is 0.437 e. The summed E-state index contributed by atoms with van der Waals surface area (Å²) in [7, 11) is -21.6. The highest BCUT2D eigenvalue weighted by Crippen LogP contribution is 2.37. The summed E-state index contributed by atoms with van der Waals surface area (Å²) in [4.78, 5) is 0. The van der Waals surface area contributed by atoms with Gasteiger partial charge in [0.2, 0.25) is 0 Å². The number of rotatable bonds is 22. The van der Waals surface area contributed by atoms with Crippen molar-refractivity contribution in [2.24, 2.45) is 0 Å². The molecule has 19 heteroatoms. The Morgan fingerprint density at radius 1 is 0.442 bits per heavy atom. The average Bonchev–Trinajstić information content (AvgIpc) is 2.66. The van der Waals surface area contributed by atoms with E-state index < -0.39 is 77.5 Å². The van der Waals surface area contributed by atoms with Gasteiger partial charge in [0.15, 0.2) is 17.4 Å². The first-order valence-corrected chi connectivity index (χ1v) is 39.7. The van der Waals surface area contributed by atoms with Gasteiger partial charge in [0.25, 0.3) is 0 Å². The molecule has 0 aromatic heterocycles. The van der Waals surface area contributed by atoms with Crippen LogP contribution in [-0.2, 0) is 42.1 Å². The monoisotopic (exact) mass is 767 g/mol. The summed E-state index contributed by atoms with van der Waals surface area (Å²) in [6, 6.07) is 0. The van der Waals surface area contributed by atoms with E-state index in [9.17, 15) is 0 Å². The van der Waals surface area contributed by atoms with Gasteiger partial charge in [0.1, 0.15) is 0 Å². The van der Waals surface area contributed by atoms with Crippen LogP contribution in [0, 0.1) is 0 Å². The van der Waals surface area contributed by atoms with Crippen LogP contribution in [0.2, 0.25) is 110 Å². The summed E-state index contributed by atoms with van der Waals surface area (Å²) in [5.74, 6) is 0. The van der Waals surface area contributed by atoms with Crippen LogP contribution >= 0.6 is 0 Å². The van der Waals surface area contributed by atoms with Gasteiger partial charge in [-0.05, 0) is 126 Å². The van der Waals surface area contributed by atoms with Gasteiger partial charge in [-0.25, -0.2) is 0 Å². The summed E-state index contributed by atoms with van der Waals surface area (Å²) in [5.41, 5.74) is 0. The lowest BCUT2D eigenvalue weighted by Crippen LogP contribution is -2.63. The Balaban J connectivity index is 5.68. The van der Waals surface area contributed by atoms with Gasteiger partial charge in [-0.15, -0.1) is 0 Å². The zero-order valence-corrected chi connectivity index (χ0v) is 40.3. The van der Waals surface area contributed by atoms with Crippen molar-refractivity contribution in [2.45, 2.75) is 138 Å². The van der Waals surface area contributed by atoms with E-state index in [0.717, 1.165) is 0 Å². The SMILES string of the molecule is CCO[Si](OCC)(OCC)C(C)[Si](C)(C)O[Si](C)(C)O[Si](C)(C)O[Si](C)(C)O[Si](C)(C)O[Si](C)(C)O[Si](C)(C)O[Si](C)C. The molecule has 43 heavy (non-hydrogen) atoms. The van der Waals surface area contributed by atoms with E-state index in [1.165, 1.54) is 0 Å². The van der Waals surface area contributed by atoms with E-state index >= 15 is 0 Å². The van der Waals surface area contributed by atoms with Crippen LogP contribution in [0.5, 0.6) is 0 Å². The molecule has 0 amide bonds. The maximum atomic E-state index is 6.97. The summed E-state index contributed by atoms with van der Waals surface area (Å²) in [5, 5.41) is 0.0226. The van der Waals surface area contributed by atoms with Crippen molar-refractivity contribution in [1.82, 2.24) is 0 Å². The second-order valence-electron chi connectivity index (χ2n) is 14.2. The fourth-order valence-corrected chi connectivity index (χ4v) is 49.4. The van der Waals surface area contributed by atoms with E-state index in [2.05, 4.69) is 112 Å². The van der Waals surface area contributed by atoms with Crippen LogP contribution in [0.3, 0.4) is 0 Å². The molecular weight excluding hydrogens is 701 g/mol. The van der Waals surface area contributed by atoms with Crippen molar-refractivity contribution in [2.75, 3.05) is 19.8 Å². The van der Waals surface area contributed by atoms with E-state index in [-0.39, 0.29) is 5.16 Å². The molecule has 0 aliphatic heterocycles. The Bertz CT molecular complexity index is 825. The predicted molar refractivity (Wildman–Crippen MR) is 198 cm³/mol. The second kappa shape index (κ2) is 16.8. The van der Waals surface area contributed by atoms with Gasteiger partial charge >= 0.3 is 60.2 Å². The minimum absolute atomic E-state index is 0.0226. The van der Waals surface area contributed by atoms with Crippen LogP contribution < -0.4 is 0 Å². The molecule has 0 aliphatic carbocycles. The summed E-state index contributed by atoms with van der Waals surface area (Å²) in [6.45, 7) is 43.4. The molecule has 259 valence electrons. The molecule has 0 saturated heterocycles. The lowest BCUT2D eigenvalue weighted by atomic mass is 10.9. The zero-order chi connectivity index (χ0) is 34.3. The summed E-state index contributed by atoms with van der Waals surface area (Å²) >= 11 is 0. The highest BCUT2D eigenvalue weighted by atomic mass is 28.5. The number of hydrogen-bond donors (Lipinski definition) is 0. The van der Waals surface area contributed by atoms with Crippen LogP contribution in [0.4, 0.5) is 0 Å². The molecule has 0 aromatic carbocycles. The molecule has 0 fully saturated rings. The maximum absolute atomic E-state index is 6.97. The molecule has 0 heterocycles. The lowest BCUT2D eigenvalue weighted by molar-refractivity contribution is 0.0674. The fraction of sp³-hybridized carbons (Fsp3) is 1.00. The quantitative estimate of drug-likeness (QED) is 0.102. The van der Waals surface area contributed by atoms with E-state index in [0.29, 0.717) is 19.8 Å². The maximum Gasteiger partial charge on any atom is 0.503 e. The first kappa shape index (κ1) is 44.6. The normalized spacial score (nSPS) is 15.8. The van der Waals surface area contributed by atoms with E-state index in [1.807, 2.05) is 20.8 Å².